The maximum absolute atomic E-state index is 11.9. The third-order valence-electron chi connectivity index (χ3n) is 3.35. The van der Waals surface area contributed by atoms with Crippen molar-refractivity contribution in [2.45, 2.75) is 36.8 Å². The maximum atomic E-state index is 11.9. The second-order valence-electron chi connectivity index (χ2n) is 5.21. The summed E-state index contributed by atoms with van der Waals surface area (Å²) in [5.41, 5.74) is 0. The zero-order chi connectivity index (χ0) is 14.8. The largest absolute Gasteiger partial charge is 0.378 e. The lowest BCUT2D eigenvalue weighted by Crippen LogP contribution is -2.32. The summed E-state index contributed by atoms with van der Waals surface area (Å²) in [5.74, 6) is 0.696. The molecule has 2 rings (SSSR count). The van der Waals surface area contributed by atoms with Crippen molar-refractivity contribution >= 4 is 15.8 Å². The second kappa shape index (κ2) is 6.07. The van der Waals surface area contributed by atoms with Crippen LogP contribution < -0.4 is 5.32 Å². The van der Waals surface area contributed by atoms with Crippen molar-refractivity contribution in [3.63, 3.8) is 0 Å². The van der Waals surface area contributed by atoms with E-state index in [1.54, 1.807) is 12.1 Å². The van der Waals surface area contributed by atoms with E-state index in [0.717, 1.165) is 19.4 Å². The number of sulfonamides is 1. The summed E-state index contributed by atoms with van der Waals surface area (Å²) >= 11 is 0. The second-order valence-corrected chi connectivity index (χ2v) is 7.37. The van der Waals surface area contributed by atoms with Crippen LogP contribution in [0.4, 0.5) is 5.82 Å². The third-order valence-corrected chi connectivity index (χ3v) is 5.15. The van der Waals surface area contributed by atoms with Crippen LogP contribution in [0.2, 0.25) is 0 Å². The standard InChI is InChI=1S/C13H21N3O3S/c1-10-8-11(6-7-19-10)15-13-5-4-12(9-14-13)20(17,18)16(2)3/h4-5,9-11H,6-8H2,1-3H3,(H,14,15). The van der Waals surface area contributed by atoms with E-state index in [1.165, 1.54) is 24.6 Å². The molecule has 0 amide bonds. The molecular formula is C13H21N3O3S. The normalized spacial score (nSPS) is 23.8. The number of hydrogen-bond acceptors (Lipinski definition) is 5. The molecule has 1 fully saturated rings. The van der Waals surface area contributed by atoms with Crippen LogP contribution in [0.5, 0.6) is 0 Å². The van der Waals surface area contributed by atoms with Crippen LogP contribution in [0.15, 0.2) is 23.2 Å². The van der Waals surface area contributed by atoms with Crippen LogP contribution in [0, 0.1) is 0 Å². The van der Waals surface area contributed by atoms with Gasteiger partial charge in [0.2, 0.25) is 10.0 Å². The van der Waals surface area contributed by atoms with E-state index in [2.05, 4.69) is 10.3 Å². The Morgan fingerprint density at radius 3 is 2.70 bits per heavy atom. The van der Waals surface area contributed by atoms with Gasteiger partial charge in [-0.25, -0.2) is 17.7 Å². The lowest BCUT2D eigenvalue weighted by molar-refractivity contribution is 0.0232. The van der Waals surface area contributed by atoms with Crippen molar-refractivity contribution in [3.05, 3.63) is 18.3 Å². The Bertz CT molecular complexity index is 542. The molecule has 2 atom stereocenters. The van der Waals surface area contributed by atoms with Crippen molar-refractivity contribution < 1.29 is 13.2 Å². The van der Waals surface area contributed by atoms with Gasteiger partial charge in [-0.3, -0.25) is 0 Å². The molecule has 0 aromatic carbocycles. The summed E-state index contributed by atoms with van der Waals surface area (Å²) in [6.07, 6.45) is 3.50. The SMILES string of the molecule is CC1CC(Nc2ccc(S(=O)(=O)N(C)C)cn2)CCO1. The van der Waals surface area contributed by atoms with Gasteiger partial charge >= 0.3 is 0 Å². The predicted molar refractivity (Wildman–Crippen MR) is 77.2 cm³/mol. The summed E-state index contributed by atoms with van der Waals surface area (Å²) in [7, 11) is -0.403. The highest BCUT2D eigenvalue weighted by Crippen LogP contribution is 2.19. The Morgan fingerprint density at radius 2 is 2.15 bits per heavy atom. The number of hydrogen-bond donors (Lipinski definition) is 1. The molecule has 0 bridgehead atoms. The molecule has 112 valence electrons. The molecule has 2 heterocycles. The van der Waals surface area contributed by atoms with Gasteiger partial charge in [-0.05, 0) is 31.9 Å². The molecule has 6 nitrogen and oxygen atoms in total. The number of pyridine rings is 1. The van der Waals surface area contributed by atoms with Crippen molar-refractivity contribution in [1.82, 2.24) is 9.29 Å². The number of nitrogens with zero attached hydrogens (tertiary/aromatic N) is 2. The van der Waals surface area contributed by atoms with Gasteiger partial charge in [0.05, 0.1) is 6.10 Å². The summed E-state index contributed by atoms with van der Waals surface area (Å²) in [6.45, 7) is 2.79. The zero-order valence-electron chi connectivity index (χ0n) is 12.0. The van der Waals surface area contributed by atoms with Gasteiger partial charge in [0.15, 0.2) is 0 Å². The first-order chi connectivity index (χ1) is 9.39. The fourth-order valence-corrected chi connectivity index (χ4v) is 3.01. The quantitative estimate of drug-likeness (QED) is 0.907. The van der Waals surface area contributed by atoms with Crippen LogP contribution in [0.3, 0.4) is 0 Å². The first-order valence-corrected chi connectivity index (χ1v) is 8.10. The van der Waals surface area contributed by atoms with Gasteiger partial charge in [0.1, 0.15) is 10.7 Å². The number of ether oxygens (including phenoxy) is 1. The van der Waals surface area contributed by atoms with E-state index in [9.17, 15) is 8.42 Å². The molecule has 1 aliphatic heterocycles. The van der Waals surface area contributed by atoms with Crippen LogP contribution >= 0.6 is 0 Å². The van der Waals surface area contributed by atoms with Crippen molar-refractivity contribution in [2.75, 3.05) is 26.0 Å². The fraction of sp³-hybridized carbons (Fsp3) is 0.615. The molecule has 0 saturated carbocycles. The number of aromatic nitrogens is 1. The first-order valence-electron chi connectivity index (χ1n) is 6.66. The molecule has 1 saturated heterocycles. The van der Waals surface area contributed by atoms with Crippen LogP contribution in [0.1, 0.15) is 19.8 Å². The van der Waals surface area contributed by atoms with E-state index in [1.807, 2.05) is 6.92 Å². The summed E-state index contributed by atoms with van der Waals surface area (Å²) < 4.78 is 30.5. The van der Waals surface area contributed by atoms with E-state index in [-0.39, 0.29) is 11.0 Å². The molecule has 0 radical (unpaired) electrons. The average molecular weight is 299 g/mol. The molecule has 0 spiro atoms. The minimum atomic E-state index is -3.41. The van der Waals surface area contributed by atoms with E-state index in [0.29, 0.717) is 11.9 Å². The van der Waals surface area contributed by atoms with Crippen LogP contribution in [-0.4, -0.2) is 50.6 Å². The van der Waals surface area contributed by atoms with Gasteiger partial charge in [0, 0.05) is 32.9 Å². The lowest BCUT2D eigenvalue weighted by Gasteiger charge is -2.28. The zero-order valence-corrected chi connectivity index (χ0v) is 12.9. The van der Waals surface area contributed by atoms with Crippen molar-refractivity contribution in [3.8, 4) is 0 Å². The minimum absolute atomic E-state index is 0.202. The maximum Gasteiger partial charge on any atom is 0.244 e. The highest BCUT2D eigenvalue weighted by atomic mass is 32.2. The van der Waals surface area contributed by atoms with Gasteiger partial charge < -0.3 is 10.1 Å². The highest BCUT2D eigenvalue weighted by molar-refractivity contribution is 7.89. The van der Waals surface area contributed by atoms with E-state index in [4.69, 9.17) is 4.74 Å². The van der Waals surface area contributed by atoms with Crippen molar-refractivity contribution in [2.24, 2.45) is 0 Å². The lowest BCUT2D eigenvalue weighted by atomic mass is 10.0. The van der Waals surface area contributed by atoms with E-state index >= 15 is 0 Å². The Morgan fingerprint density at radius 1 is 1.40 bits per heavy atom. The summed E-state index contributed by atoms with van der Waals surface area (Å²) in [6, 6.07) is 3.60. The molecule has 0 aliphatic carbocycles. The topological polar surface area (TPSA) is 71.5 Å². The molecule has 20 heavy (non-hydrogen) atoms. The Balaban J connectivity index is 2.05. The molecule has 1 aromatic heterocycles. The molecule has 1 N–H and O–H groups in total. The summed E-state index contributed by atoms with van der Waals surface area (Å²) in [4.78, 5) is 4.39. The molecule has 1 aromatic rings. The Hall–Kier alpha value is -1.18. The van der Waals surface area contributed by atoms with E-state index < -0.39 is 10.0 Å². The monoisotopic (exact) mass is 299 g/mol. The fourth-order valence-electron chi connectivity index (χ4n) is 2.17. The molecule has 1 aliphatic rings. The number of anilines is 1. The molecule has 2 unspecified atom stereocenters. The number of rotatable bonds is 4. The van der Waals surface area contributed by atoms with Crippen LogP contribution in [0.25, 0.3) is 0 Å². The van der Waals surface area contributed by atoms with Crippen molar-refractivity contribution in [1.29, 1.82) is 0 Å². The summed E-state index contributed by atoms with van der Waals surface area (Å²) in [5, 5.41) is 3.32. The molecule has 7 heteroatoms. The molecular weight excluding hydrogens is 278 g/mol. The van der Waals surface area contributed by atoms with Gasteiger partial charge in [-0.2, -0.15) is 0 Å². The van der Waals surface area contributed by atoms with Gasteiger partial charge in [-0.15, -0.1) is 0 Å². The smallest absolute Gasteiger partial charge is 0.244 e. The Labute approximate surface area is 120 Å². The Kier molecular flexibility index (Phi) is 4.62. The third kappa shape index (κ3) is 3.47. The van der Waals surface area contributed by atoms with Crippen LogP contribution in [-0.2, 0) is 14.8 Å². The predicted octanol–water partition coefficient (Wildman–Crippen LogP) is 1.31. The van der Waals surface area contributed by atoms with Gasteiger partial charge in [-0.1, -0.05) is 0 Å². The minimum Gasteiger partial charge on any atom is -0.378 e. The van der Waals surface area contributed by atoms with Gasteiger partial charge in [0.25, 0.3) is 0 Å². The number of nitrogens with one attached hydrogen (secondary N) is 1. The first kappa shape index (κ1) is 15.2. The highest BCUT2D eigenvalue weighted by Gasteiger charge is 2.20. The average Bonchev–Trinajstić information content (AvgIpc) is 2.39.